The van der Waals surface area contributed by atoms with E-state index in [-0.39, 0.29) is 5.57 Å². The Morgan fingerprint density at radius 2 is 1.42 bits per heavy atom. The summed E-state index contributed by atoms with van der Waals surface area (Å²) in [6, 6.07) is 17.6. The minimum atomic E-state index is -1.58. The maximum atomic E-state index is 12.6. The Kier molecular flexibility index (Phi) is 4.29. The number of Topliss-reactive ketones (excluding diaryl/α,β-unsaturated/α-hetero) is 1. The van der Waals surface area contributed by atoms with E-state index in [9.17, 15) is 9.59 Å². The number of benzene rings is 2. The zero-order valence-corrected chi connectivity index (χ0v) is 13.3. The summed E-state index contributed by atoms with van der Waals surface area (Å²) in [4.78, 5) is 25.0. The standard InChI is InChI=1S/C19H16O5/c1-22-19(23-2)16(13-9-5-3-6-10-13)15(17(19)20)18(21)24-14-11-7-4-8-12-14/h3-12H,1-2H3. The second kappa shape index (κ2) is 6.39. The van der Waals surface area contributed by atoms with Gasteiger partial charge in [-0.1, -0.05) is 48.5 Å². The average molecular weight is 324 g/mol. The van der Waals surface area contributed by atoms with Gasteiger partial charge in [0.1, 0.15) is 11.3 Å². The molecule has 0 amide bonds. The number of para-hydroxylation sites is 1. The summed E-state index contributed by atoms with van der Waals surface area (Å²) < 4.78 is 15.9. The maximum Gasteiger partial charge on any atom is 0.347 e. The molecule has 24 heavy (non-hydrogen) atoms. The van der Waals surface area contributed by atoms with E-state index in [0.29, 0.717) is 16.9 Å². The van der Waals surface area contributed by atoms with Crippen molar-refractivity contribution in [1.29, 1.82) is 0 Å². The van der Waals surface area contributed by atoms with Crippen molar-refractivity contribution in [3.8, 4) is 5.75 Å². The van der Waals surface area contributed by atoms with Crippen molar-refractivity contribution < 1.29 is 23.8 Å². The first kappa shape index (κ1) is 16.1. The van der Waals surface area contributed by atoms with E-state index in [1.807, 2.05) is 6.07 Å². The van der Waals surface area contributed by atoms with Crippen LogP contribution >= 0.6 is 0 Å². The molecule has 1 aliphatic rings. The van der Waals surface area contributed by atoms with Crippen LogP contribution in [0.3, 0.4) is 0 Å². The molecule has 5 heteroatoms. The summed E-state index contributed by atoms with van der Waals surface area (Å²) in [5, 5.41) is 0. The van der Waals surface area contributed by atoms with E-state index in [2.05, 4.69) is 0 Å². The third kappa shape index (κ3) is 2.44. The number of carbonyl (C=O) groups is 2. The smallest absolute Gasteiger partial charge is 0.347 e. The highest BCUT2D eigenvalue weighted by Crippen LogP contribution is 2.45. The van der Waals surface area contributed by atoms with Crippen LogP contribution < -0.4 is 4.74 Å². The largest absolute Gasteiger partial charge is 0.423 e. The van der Waals surface area contributed by atoms with E-state index < -0.39 is 17.5 Å². The lowest BCUT2D eigenvalue weighted by atomic mass is 9.76. The Balaban J connectivity index is 2.05. The van der Waals surface area contributed by atoms with Crippen LogP contribution in [0.15, 0.2) is 66.2 Å². The SMILES string of the molecule is COC1(OC)C(=O)C(C(=O)Oc2ccccc2)=C1c1ccccc1. The van der Waals surface area contributed by atoms with Gasteiger partial charge in [-0.3, -0.25) is 4.79 Å². The van der Waals surface area contributed by atoms with Crippen LogP contribution in [0.25, 0.3) is 5.57 Å². The molecule has 0 saturated carbocycles. The maximum absolute atomic E-state index is 12.6. The van der Waals surface area contributed by atoms with Crippen LogP contribution in [-0.2, 0) is 19.1 Å². The highest BCUT2D eigenvalue weighted by Gasteiger charge is 2.58. The van der Waals surface area contributed by atoms with Crippen LogP contribution in [0.1, 0.15) is 5.56 Å². The minimum Gasteiger partial charge on any atom is -0.423 e. The van der Waals surface area contributed by atoms with Crippen molar-refractivity contribution in [2.24, 2.45) is 0 Å². The van der Waals surface area contributed by atoms with Gasteiger partial charge in [0.15, 0.2) is 0 Å². The Hall–Kier alpha value is -2.76. The van der Waals surface area contributed by atoms with Crippen molar-refractivity contribution in [2.75, 3.05) is 14.2 Å². The molecule has 0 unspecified atom stereocenters. The molecule has 0 N–H and O–H groups in total. The zero-order valence-electron chi connectivity index (χ0n) is 13.3. The summed E-state index contributed by atoms with van der Waals surface area (Å²) in [5.41, 5.74) is 0.980. The van der Waals surface area contributed by atoms with Crippen molar-refractivity contribution in [3.63, 3.8) is 0 Å². The molecule has 3 rings (SSSR count). The van der Waals surface area contributed by atoms with Crippen LogP contribution in [0.4, 0.5) is 0 Å². The first-order chi connectivity index (χ1) is 11.6. The highest BCUT2D eigenvalue weighted by molar-refractivity contribution is 6.36. The van der Waals surface area contributed by atoms with E-state index in [4.69, 9.17) is 14.2 Å². The van der Waals surface area contributed by atoms with Crippen molar-refractivity contribution in [1.82, 2.24) is 0 Å². The molecule has 0 aromatic heterocycles. The van der Waals surface area contributed by atoms with Crippen LogP contribution in [0, 0.1) is 0 Å². The number of ether oxygens (including phenoxy) is 3. The Morgan fingerprint density at radius 3 is 1.96 bits per heavy atom. The summed E-state index contributed by atoms with van der Waals surface area (Å²) in [6.45, 7) is 0. The quantitative estimate of drug-likeness (QED) is 0.366. The summed E-state index contributed by atoms with van der Waals surface area (Å²) in [6.07, 6.45) is 0. The molecule has 0 aliphatic heterocycles. The molecular weight excluding hydrogens is 308 g/mol. The topological polar surface area (TPSA) is 61.8 Å². The van der Waals surface area contributed by atoms with E-state index in [0.717, 1.165) is 0 Å². The van der Waals surface area contributed by atoms with Gasteiger partial charge in [0, 0.05) is 19.8 Å². The zero-order chi connectivity index (χ0) is 17.2. The Labute approximate surface area is 139 Å². The molecule has 0 atom stereocenters. The minimum absolute atomic E-state index is 0.0613. The summed E-state index contributed by atoms with van der Waals surface area (Å²) >= 11 is 0. The second-order valence-corrected chi connectivity index (χ2v) is 5.17. The molecule has 5 nitrogen and oxygen atoms in total. The van der Waals surface area contributed by atoms with Gasteiger partial charge in [0.25, 0.3) is 5.79 Å². The number of hydrogen-bond donors (Lipinski definition) is 0. The number of methoxy groups -OCH3 is 2. The average Bonchev–Trinajstić information content (AvgIpc) is 2.62. The van der Waals surface area contributed by atoms with Crippen LogP contribution in [-0.4, -0.2) is 31.8 Å². The molecule has 0 saturated heterocycles. The number of carbonyl (C=O) groups excluding carboxylic acids is 2. The lowest BCUT2D eigenvalue weighted by Gasteiger charge is -2.40. The molecule has 2 aromatic carbocycles. The molecule has 122 valence electrons. The molecule has 1 aliphatic carbocycles. The van der Waals surface area contributed by atoms with Crippen molar-refractivity contribution in [2.45, 2.75) is 5.79 Å². The molecule has 2 aromatic rings. The number of ketones is 1. The third-order valence-electron chi connectivity index (χ3n) is 3.90. The van der Waals surface area contributed by atoms with Gasteiger partial charge in [0.05, 0.1) is 0 Å². The van der Waals surface area contributed by atoms with Gasteiger partial charge in [0.2, 0.25) is 5.78 Å². The van der Waals surface area contributed by atoms with Crippen molar-refractivity contribution >= 4 is 17.3 Å². The summed E-state index contributed by atoms with van der Waals surface area (Å²) in [5.74, 6) is -2.49. The van der Waals surface area contributed by atoms with Crippen LogP contribution in [0.5, 0.6) is 5.75 Å². The molecule has 0 bridgehead atoms. The second-order valence-electron chi connectivity index (χ2n) is 5.17. The van der Waals surface area contributed by atoms with Gasteiger partial charge < -0.3 is 14.2 Å². The fraction of sp³-hybridized carbons (Fsp3) is 0.158. The van der Waals surface area contributed by atoms with Gasteiger partial charge in [-0.25, -0.2) is 4.79 Å². The van der Waals surface area contributed by atoms with Crippen molar-refractivity contribution in [3.05, 3.63) is 71.8 Å². The summed E-state index contributed by atoms with van der Waals surface area (Å²) in [7, 11) is 2.73. The highest BCUT2D eigenvalue weighted by atomic mass is 16.7. The fourth-order valence-electron chi connectivity index (χ4n) is 2.75. The lowest BCUT2D eigenvalue weighted by molar-refractivity contribution is -0.185. The number of esters is 1. The molecule has 0 heterocycles. The first-order valence-corrected chi connectivity index (χ1v) is 7.36. The van der Waals surface area contributed by atoms with Gasteiger partial charge in [-0.2, -0.15) is 0 Å². The molecule has 0 spiro atoms. The predicted molar refractivity (Wildman–Crippen MR) is 87.2 cm³/mol. The van der Waals surface area contributed by atoms with E-state index >= 15 is 0 Å². The first-order valence-electron chi connectivity index (χ1n) is 7.36. The van der Waals surface area contributed by atoms with Gasteiger partial charge >= 0.3 is 5.97 Å². The Morgan fingerprint density at radius 1 is 0.875 bits per heavy atom. The van der Waals surface area contributed by atoms with E-state index in [1.165, 1.54) is 14.2 Å². The fourth-order valence-corrected chi connectivity index (χ4v) is 2.75. The monoisotopic (exact) mass is 324 g/mol. The van der Waals surface area contributed by atoms with Gasteiger partial charge in [-0.15, -0.1) is 0 Å². The molecular formula is C19H16O5. The normalized spacial score (nSPS) is 15.8. The van der Waals surface area contributed by atoms with Crippen LogP contribution in [0.2, 0.25) is 0 Å². The molecule has 0 fully saturated rings. The number of hydrogen-bond acceptors (Lipinski definition) is 5. The predicted octanol–water partition coefficient (Wildman–Crippen LogP) is 2.62. The number of rotatable bonds is 5. The van der Waals surface area contributed by atoms with E-state index in [1.54, 1.807) is 54.6 Å². The molecule has 0 radical (unpaired) electrons. The lowest BCUT2D eigenvalue weighted by Crippen LogP contribution is -2.55. The van der Waals surface area contributed by atoms with Gasteiger partial charge in [-0.05, 0) is 17.7 Å². The third-order valence-corrected chi connectivity index (χ3v) is 3.90. The Bertz CT molecular complexity index is 789.